The molecule has 1 aromatic carbocycles. The molecule has 2 aliphatic carbocycles. The number of benzene rings is 1. The van der Waals surface area contributed by atoms with E-state index < -0.39 is 23.1 Å². The molecule has 2 aliphatic rings. The van der Waals surface area contributed by atoms with E-state index in [1.54, 1.807) is 6.92 Å². The van der Waals surface area contributed by atoms with Crippen LogP contribution in [0.3, 0.4) is 0 Å². The van der Waals surface area contributed by atoms with E-state index in [9.17, 15) is 20.1 Å². The van der Waals surface area contributed by atoms with Gasteiger partial charge in [-0.05, 0) is 43.2 Å². The molecule has 1 fully saturated rings. The Morgan fingerprint density at radius 1 is 1.23 bits per heavy atom. The van der Waals surface area contributed by atoms with Gasteiger partial charge in [0.1, 0.15) is 5.57 Å². The summed E-state index contributed by atoms with van der Waals surface area (Å²) in [6.45, 7) is 1.81. The van der Waals surface area contributed by atoms with Gasteiger partial charge in [0.05, 0.1) is 18.7 Å². The number of carbonyl (C=O) groups excluding carboxylic acids is 2. The van der Waals surface area contributed by atoms with Crippen molar-refractivity contribution in [3.63, 3.8) is 0 Å². The highest BCUT2D eigenvalue weighted by atomic mass is 16.5. The summed E-state index contributed by atoms with van der Waals surface area (Å²) in [7, 11) is 0. The molecule has 1 saturated carbocycles. The van der Waals surface area contributed by atoms with Crippen molar-refractivity contribution >= 4 is 11.8 Å². The summed E-state index contributed by atoms with van der Waals surface area (Å²) in [6, 6.07) is 13.2. The molecule has 0 N–H and O–H groups in total. The first-order valence-electron chi connectivity index (χ1n) is 8.93. The predicted octanol–water partition coefficient (Wildman–Crippen LogP) is 3.44. The molecule has 0 radical (unpaired) electrons. The molecule has 0 aromatic heterocycles. The lowest BCUT2D eigenvalue weighted by Gasteiger charge is -2.43. The van der Waals surface area contributed by atoms with Gasteiger partial charge in [0.25, 0.3) is 0 Å². The van der Waals surface area contributed by atoms with Crippen molar-refractivity contribution in [3.8, 4) is 12.1 Å². The molecule has 0 amide bonds. The van der Waals surface area contributed by atoms with Crippen molar-refractivity contribution < 1.29 is 14.3 Å². The van der Waals surface area contributed by atoms with Gasteiger partial charge < -0.3 is 4.74 Å². The van der Waals surface area contributed by atoms with Crippen molar-refractivity contribution in [3.05, 3.63) is 47.0 Å². The quantitative estimate of drug-likeness (QED) is 0.616. The van der Waals surface area contributed by atoms with Gasteiger partial charge >= 0.3 is 5.97 Å². The Labute approximate surface area is 152 Å². The number of hydrogen-bond donors (Lipinski definition) is 0. The monoisotopic (exact) mass is 348 g/mol. The molecular weight excluding hydrogens is 328 g/mol. The first-order valence-corrected chi connectivity index (χ1v) is 8.93. The molecule has 1 aromatic rings. The van der Waals surface area contributed by atoms with E-state index in [1.807, 2.05) is 42.5 Å². The lowest BCUT2D eigenvalue weighted by atomic mass is 9.55. The number of Topliss-reactive ketones (excluding diaryl/α,β-unsaturated/α-hetero) is 1. The topological polar surface area (TPSA) is 90.9 Å². The smallest absolute Gasteiger partial charge is 0.341 e. The van der Waals surface area contributed by atoms with Crippen LogP contribution >= 0.6 is 0 Å². The van der Waals surface area contributed by atoms with Crippen molar-refractivity contribution in [1.82, 2.24) is 0 Å². The van der Waals surface area contributed by atoms with E-state index in [4.69, 9.17) is 4.74 Å². The number of ether oxygens (including phenoxy) is 1. The molecule has 0 aliphatic heterocycles. The molecule has 0 bridgehead atoms. The molecule has 0 spiro atoms. The van der Waals surface area contributed by atoms with Gasteiger partial charge in [-0.2, -0.15) is 10.5 Å². The van der Waals surface area contributed by atoms with Crippen LogP contribution in [0.2, 0.25) is 0 Å². The average Bonchev–Trinajstić information content (AvgIpc) is 2.68. The fraction of sp³-hybridized carbons (Fsp3) is 0.429. The minimum absolute atomic E-state index is 0.0631. The second-order valence-electron chi connectivity index (χ2n) is 6.72. The molecular formula is C21H20N2O3. The maximum atomic E-state index is 13.3. The summed E-state index contributed by atoms with van der Waals surface area (Å²) in [5.41, 5.74) is -0.424. The van der Waals surface area contributed by atoms with Gasteiger partial charge in [0, 0.05) is 5.92 Å². The summed E-state index contributed by atoms with van der Waals surface area (Å²) >= 11 is 0. The van der Waals surface area contributed by atoms with Crippen LogP contribution in [0, 0.1) is 34.0 Å². The number of fused-ring (bicyclic) bond motifs is 1. The maximum absolute atomic E-state index is 13.3. The molecule has 5 heteroatoms. The highest BCUT2D eigenvalue weighted by molar-refractivity contribution is 6.23. The molecule has 0 unspecified atom stereocenters. The van der Waals surface area contributed by atoms with Crippen LogP contribution in [0.1, 0.15) is 44.1 Å². The number of nitriles is 2. The summed E-state index contributed by atoms with van der Waals surface area (Å²) < 4.78 is 5.09. The maximum Gasteiger partial charge on any atom is 0.341 e. The van der Waals surface area contributed by atoms with E-state index in [-0.39, 0.29) is 18.1 Å². The van der Waals surface area contributed by atoms with Crippen LogP contribution in [-0.4, -0.2) is 18.4 Å². The minimum Gasteiger partial charge on any atom is -0.462 e. The first-order chi connectivity index (χ1) is 12.6. The van der Waals surface area contributed by atoms with Crippen LogP contribution in [0.25, 0.3) is 0 Å². The average molecular weight is 348 g/mol. The Morgan fingerprint density at radius 2 is 1.92 bits per heavy atom. The van der Waals surface area contributed by atoms with Crippen LogP contribution < -0.4 is 0 Å². The summed E-state index contributed by atoms with van der Waals surface area (Å²) in [6.07, 6.45) is 3.20. The predicted molar refractivity (Wildman–Crippen MR) is 93.5 cm³/mol. The third-order valence-electron chi connectivity index (χ3n) is 5.42. The SMILES string of the molecule is CCOC(=O)C1=C2CCCC[C@H]2[C@@H](c2ccccc2)C(C#N)(C#N)C1=O. The van der Waals surface area contributed by atoms with E-state index in [2.05, 4.69) is 0 Å². The van der Waals surface area contributed by atoms with Gasteiger partial charge in [0.15, 0.2) is 0 Å². The summed E-state index contributed by atoms with van der Waals surface area (Å²) in [4.78, 5) is 25.8. The third kappa shape index (κ3) is 2.61. The number of rotatable bonds is 3. The van der Waals surface area contributed by atoms with E-state index >= 15 is 0 Å². The molecule has 26 heavy (non-hydrogen) atoms. The number of esters is 1. The van der Waals surface area contributed by atoms with E-state index in [0.29, 0.717) is 6.42 Å². The van der Waals surface area contributed by atoms with Gasteiger partial charge in [-0.15, -0.1) is 0 Å². The highest BCUT2D eigenvalue weighted by Gasteiger charge is 2.58. The Kier molecular flexibility index (Phi) is 4.91. The van der Waals surface area contributed by atoms with Gasteiger partial charge in [0.2, 0.25) is 11.2 Å². The third-order valence-corrected chi connectivity index (χ3v) is 5.42. The molecule has 0 saturated heterocycles. The van der Waals surface area contributed by atoms with Crippen molar-refractivity contribution in [2.24, 2.45) is 11.3 Å². The highest BCUT2D eigenvalue weighted by Crippen LogP contribution is 2.54. The Bertz CT molecular complexity index is 828. The van der Waals surface area contributed by atoms with E-state index in [1.165, 1.54) is 0 Å². The fourth-order valence-corrected chi connectivity index (χ4v) is 4.34. The Balaban J connectivity index is 2.26. The van der Waals surface area contributed by atoms with Crippen LogP contribution in [0.15, 0.2) is 41.5 Å². The van der Waals surface area contributed by atoms with E-state index in [0.717, 1.165) is 30.4 Å². The zero-order chi connectivity index (χ0) is 18.7. The Hall–Kier alpha value is -2.92. The minimum atomic E-state index is -1.91. The van der Waals surface area contributed by atoms with Gasteiger partial charge in [-0.25, -0.2) is 4.79 Å². The van der Waals surface area contributed by atoms with Crippen LogP contribution in [-0.2, 0) is 14.3 Å². The number of nitrogens with zero attached hydrogens (tertiary/aromatic N) is 2. The lowest BCUT2D eigenvalue weighted by Crippen LogP contribution is -2.47. The lowest BCUT2D eigenvalue weighted by molar-refractivity contribution is -0.141. The zero-order valence-electron chi connectivity index (χ0n) is 14.7. The second kappa shape index (κ2) is 7.14. The van der Waals surface area contributed by atoms with Crippen molar-refractivity contribution in [1.29, 1.82) is 10.5 Å². The number of hydrogen-bond acceptors (Lipinski definition) is 5. The number of ketones is 1. The van der Waals surface area contributed by atoms with Crippen molar-refractivity contribution in [2.75, 3.05) is 6.61 Å². The number of allylic oxidation sites excluding steroid dienone is 1. The van der Waals surface area contributed by atoms with Crippen LogP contribution in [0.5, 0.6) is 0 Å². The largest absolute Gasteiger partial charge is 0.462 e. The van der Waals surface area contributed by atoms with Crippen LogP contribution in [0.4, 0.5) is 0 Å². The van der Waals surface area contributed by atoms with Crippen molar-refractivity contribution in [2.45, 2.75) is 38.5 Å². The molecule has 3 rings (SSSR count). The zero-order valence-corrected chi connectivity index (χ0v) is 14.7. The van der Waals surface area contributed by atoms with Gasteiger partial charge in [-0.1, -0.05) is 36.8 Å². The normalized spacial score (nSPS) is 24.2. The second-order valence-corrected chi connectivity index (χ2v) is 6.72. The fourth-order valence-electron chi connectivity index (χ4n) is 4.34. The molecule has 2 atom stereocenters. The number of carbonyl (C=O) groups is 2. The molecule has 5 nitrogen and oxygen atoms in total. The Morgan fingerprint density at radius 3 is 2.54 bits per heavy atom. The molecule has 132 valence electrons. The summed E-state index contributed by atoms with van der Waals surface area (Å²) in [5.74, 6) is -2.16. The summed E-state index contributed by atoms with van der Waals surface area (Å²) in [5, 5.41) is 19.8. The van der Waals surface area contributed by atoms with Gasteiger partial charge in [-0.3, -0.25) is 4.79 Å². The first kappa shape index (κ1) is 17.9. The molecule has 0 heterocycles. The standard InChI is InChI=1S/C21H20N2O3/c1-2-26-20(25)17-15-10-6-7-11-16(15)18(14-8-4-3-5-9-14)21(12-22,13-23)19(17)24/h3-5,8-9,16,18H,2,6-7,10-11H2,1H3/t16-,18-/m1/s1.